The molecule has 2 unspecified atom stereocenters. The van der Waals surface area contributed by atoms with E-state index >= 15 is 0 Å². The molecule has 2 amide bonds. The largest absolute Gasteiger partial charge is 0.480 e. The fourth-order valence-electron chi connectivity index (χ4n) is 2.16. The molecule has 0 saturated carbocycles. The lowest BCUT2D eigenvalue weighted by Crippen LogP contribution is -2.50. The fraction of sp³-hybridized carbons (Fsp3) is 0.462. The summed E-state index contributed by atoms with van der Waals surface area (Å²) in [7, 11) is 1.63. The van der Waals surface area contributed by atoms with Gasteiger partial charge in [0.2, 0.25) is 0 Å². The average molecular weight is 295 g/mol. The lowest BCUT2D eigenvalue weighted by molar-refractivity contribution is -0.141. The maximum atomic E-state index is 12.6. The molecule has 2 atom stereocenters. The van der Waals surface area contributed by atoms with Crippen LogP contribution in [0.1, 0.15) is 13.3 Å². The average Bonchev–Trinajstić information content (AvgIpc) is 2.90. The van der Waals surface area contributed by atoms with Gasteiger partial charge in [-0.15, -0.1) is 11.8 Å². The maximum Gasteiger partial charge on any atom is 0.327 e. The normalized spacial score (nSPS) is 21.8. The molecular formula is C13H17N3O3S. The van der Waals surface area contributed by atoms with Crippen molar-refractivity contribution < 1.29 is 14.7 Å². The first-order valence-electron chi connectivity index (χ1n) is 6.36. The zero-order chi connectivity index (χ0) is 14.7. The van der Waals surface area contributed by atoms with Gasteiger partial charge in [0.25, 0.3) is 0 Å². The Bertz CT molecular complexity index is 497. The molecule has 7 heteroatoms. The Hall–Kier alpha value is -1.76. The van der Waals surface area contributed by atoms with Gasteiger partial charge in [-0.2, -0.15) is 0 Å². The number of carboxylic acid groups (broad SMARTS) is 1. The molecule has 2 heterocycles. The molecule has 1 aromatic rings. The summed E-state index contributed by atoms with van der Waals surface area (Å²) in [5.41, 5.74) is 0.647. The Balaban J connectivity index is 2.23. The third kappa shape index (κ3) is 2.72. The number of thioether (sulfide) groups is 1. The van der Waals surface area contributed by atoms with Gasteiger partial charge >= 0.3 is 12.0 Å². The number of aliphatic carboxylic acids is 1. The van der Waals surface area contributed by atoms with Crippen molar-refractivity contribution in [3.63, 3.8) is 0 Å². The van der Waals surface area contributed by atoms with Gasteiger partial charge in [-0.1, -0.05) is 6.92 Å². The van der Waals surface area contributed by atoms with Crippen molar-refractivity contribution in [3.8, 4) is 0 Å². The van der Waals surface area contributed by atoms with E-state index in [2.05, 4.69) is 4.98 Å². The molecular weight excluding hydrogens is 278 g/mol. The van der Waals surface area contributed by atoms with Crippen molar-refractivity contribution in [1.82, 2.24) is 9.88 Å². The van der Waals surface area contributed by atoms with Crippen LogP contribution in [-0.2, 0) is 4.79 Å². The number of carbonyl (C=O) groups excluding carboxylic acids is 1. The van der Waals surface area contributed by atoms with Gasteiger partial charge in [0.1, 0.15) is 6.04 Å². The molecule has 6 nitrogen and oxygen atoms in total. The SMILES string of the molecule is CCC1SCC(C(=O)O)N1C(=O)N(C)c1cccnc1. The smallest absolute Gasteiger partial charge is 0.327 e. The minimum absolute atomic E-state index is 0.0947. The standard InChI is InChI=1S/C13H17N3O3S/c1-3-11-16(10(8-20-11)12(17)18)13(19)15(2)9-5-4-6-14-7-9/h4-7,10-11H,3,8H2,1-2H3,(H,17,18). The number of anilines is 1. The number of hydrogen-bond donors (Lipinski definition) is 1. The first-order valence-corrected chi connectivity index (χ1v) is 7.41. The summed E-state index contributed by atoms with van der Waals surface area (Å²) in [6, 6.07) is 2.44. The molecule has 1 N–H and O–H groups in total. The van der Waals surface area contributed by atoms with Crippen LogP contribution in [0.25, 0.3) is 0 Å². The van der Waals surface area contributed by atoms with E-state index < -0.39 is 12.0 Å². The van der Waals surface area contributed by atoms with E-state index in [9.17, 15) is 14.7 Å². The number of hydrogen-bond acceptors (Lipinski definition) is 4. The van der Waals surface area contributed by atoms with Crippen LogP contribution in [-0.4, -0.2) is 51.2 Å². The summed E-state index contributed by atoms with van der Waals surface area (Å²) < 4.78 is 0. The van der Waals surface area contributed by atoms with Crippen molar-refractivity contribution in [2.45, 2.75) is 24.8 Å². The van der Waals surface area contributed by atoms with Crippen molar-refractivity contribution in [3.05, 3.63) is 24.5 Å². The van der Waals surface area contributed by atoms with Gasteiger partial charge in [-0.3, -0.25) is 14.8 Å². The van der Waals surface area contributed by atoms with E-state index in [1.807, 2.05) is 6.92 Å². The predicted octanol–water partition coefficient (Wildman–Crippen LogP) is 1.88. The minimum Gasteiger partial charge on any atom is -0.480 e. The van der Waals surface area contributed by atoms with Crippen molar-refractivity contribution in [2.75, 3.05) is 17.7 Å². The number of urea groups is 1. The Kier molecular flexibility index (Phi) is 4.49. The lowest BCUT2D eigenvalue weighted by atomic mass is 10.2. The molecule has 0 bridgehead atoms. The molecule has 1 fully saturated rings. The van der Waals surface area contributed by atoms with Crippen LogP contribution in [0, 0.1) is 0 Å². The van der Waals surface area contributed by atoms with Crippen LogP contribution >= 0.6 is 11.8 Å². The van der Waals surface area contributed by atoms with Crippen LogP contribution in [0.3, 0.4) is 0 Å². The molecule has 0 aliphatic carbocycles. The highest BCUT2D eigenvalue weighted by molar-refractivity contribution is 8.00. The van der Waals surface area contributed by atoms with Gasteiger partial charge in [0, 0.05) is 19.0 Å². The number of carbonyl (C=O) groups is 2. The highest BCUT2D eigenvalue weighted by Crippen LogP contribution is 2.32. The number of nitrogens with zero attached hydrogens (tertiary/aromatic N) is 3. The number of rotatable bonds is 3. The van der Waals surface area contributed by atoms with E-state index in [4.69, 9.17) is 0 Å². The van der Waals surface area contributed by atoms with Crippen LogP contribution in [0.4, 0.5) is 10.5 Å². The van der Waals surface area contributed by atoms with Gasteiger partial charge < -0.3 is 5.11 Å². The zero-order valence-electron chi connectivity index (χ0n) is 11.4. The second-order valence-electron chi connectivity index (χ2n) is 4.51. The number of carboxylic acids is 1. The van der Waals surface area contributed by atoms with Crippen LogP contribution < -0.4 is 4.90 Å². The van der Waals surface area contributed by atoms with Crippen molar-refractivity contribution in [2.24, 2.45) is 0 Å². The van der Waals surface area contributed by atoms with Gasteiger partial charge in [0.05, 0.1) is 17.3 Å². The molecule has 0 aromatic carbocycles. The Labute approximate surface area is 121 Å². The maximum absolute atomic E-state index is 12.6. The molecule has 1 aliphatic heterocycles. The zero-order valence-corrected chi connectivity index (χ0v) is 12.2. The van der Waals surface area contributed by atoms with E-state index in [1.54, 1.807) is 31.6 Å². The predicted molar refractivity (Wildman–Crippen MR) is 77.8 cm³/mol. The number of pyridine rings is 1. The van der Waals surface area contributed by atoms with Crippen LogP contribution in [0.2, 0.25) is 0 Å². The van der Waals surface area contributed by atoms with E-state index in [0.717, 1.165) is 6.42 Å². The summed E-state index contributed by atoms with van der Waals surface area (Å²) >= 11 is 1.51. The third-order valence-electron chi connectivity index (χ3n) is 3.27. The van der Waals surface area contributed by atoms with Gasteiger partial charge in [-0.05, 0) is 18.6 Å². The van der Waals surface area contributed by atoms with E-state index in [0.29, 0.717) is 11.4 Å². The molecule has 2 rings (SSSR count). The minimum atomic E-state index is -0.957. The lowest BCUT2D eigenvalue weighted by Gasteiger charge is -2.31. The Morgan fingerprint density at radius 3 is 2.90 bits per heavy atom. The molecule has 0 radical (unpaired) electrons. The molecule has 20 heavy (non-hydrogen) atoms. The highest BCUT2D eigenvalue weighted by atomic mass is 32.2. The van der Waals surface area contributed by atoms with Crippen LogP contribution in [0.15, 0.2) is 24.5 Å². The highest BCUT2D eigenvalue weighted by Gasteiger charge is 2.42. The van der Waals surface area contributed by atoms with E-state index in [1.165, 1.54) is 21.6 Å². The summed E-state index contributed by atoms with van der Waals surface area (Å²) in [4.78, 5) is 30.8. The second-order valence-corrected chi connectivity index (χ2v) is 5.72. The monoisotopic (exact) mass is 295 g/mol. The molecule has 1 aromatic heterocycles. The third-order valence-corrected chi connectivity index (χ3v) is 4.72. The molecule has 108 valence electrons. The summed E-state index contributed by atoms with van der Waals surface area (Å²) in [6.45, 7) is 1.95. The van der Waals surface area contributed by atoms with E-state index in [-0.39, 0.29) is 11.4 Å². The Morgan fingerprint density at radius 1 is 1.60 bits per heavy atom. The first-order chi connectivity index (χ1) is 9.56. The van der Waals surface area contributed by atoms with Crippen molar-refractivity contribution >= 4 is 29.4 Å². The van der Waals surface area contributed by atoms with Gasteiger partial charge in [-0.25, -0.2) is 9.59 Å². The first kappa shape index (κ1) is 14.6. The van der Waals surface area contributed by atoms with Gasteiger partial charge in [0.15, 0.2) is 0 Å². The van der Waals surface area contributed by atoms with Crippen molar-refractivity contribution in [1.29, 1.82) is 0 Å². The number of amides is 2. The number of aromatic nitrogens is 1. The molecule has 1 saturated heterocycles. The fourth-order valence-corrected chi connectivity index (χ4v) is 3.50. The van der Waals surface area contributed by atoms with Crippen LogP contribution in [0.5, 0.6) is 0 Å². The summed E-state index contributed by atoms with van der Waals surface area (Å²) in [6.07, 6.45) is 3.93. The summed E-state index contributed by atoms with van der Waals surface area (Å²) in [5, 5.41) is 9.17. The molecule has 1 aliphatic rings. The second kappa shape index (κ2) is 6.13. The quantitative estimate of drug-likeness (QED) is 0.921. The molecule has 0 spiro atoms. The summed E-state index contributed by atoms with van der Waals surface area (Å²) in [5.74, 6) is -0.526. The topological polar surface area (TPSA) is 73.7 Å². The Morgan fingerprint density at radius 2 is 2.35 bits per heavy atom.